The second-order valence-electron chi connectivity index (χ2n) is 4.92. The number of nitrogens with one attached hydrogen (secondary N) is 3. The van der Waals surface area contributed by atoms with E-state index in [2.05, 4.69) is 15.4 Å². The Balaban J connectivity index is 2.18. The Morgan fingerprint density at radius 3 is 2.85 bits per heavy atom. The van der Waals surface area contributed by atoms with Crippen molar-refractivity contribution in [2.24, 2.45) is 0 Å². The third-order valence-corrected chi connectivity index (χ3v) is 4.59. The van der Waals surface area contributed by atoms with Crippen molar-refractivity contribution < 1.29 is 17.9 Å². The monoisotopic (exact) mass is 307 g/mol. The van der Waals surface area contributed by atoms with Crippen molar-refractivity contribution in [2.45, 2.75) is 31.7 Å². The number of methoxy groups -OCH3 is 1. The lowest BCUT2D eigenvalue weighted by molar-refractivity contribution is -0.120. The SMILES string of the molecule is COCCNC(=O)CNS(=O)(=O)CCC1CCCCN1. The first-order chi connectivity index (χ1) is 9.53. The van der Waals surface area contributed by atoms with Crippen molar-refractivity contribution in [1.29, 1.82) is 0 Å². The summed E-state index contributed by atoms with van der Waals surface area (Å²) in [6.45, 7) is 1.53. The molecule has 0 bridgehead atoms. The fourth-order valence-corrected chi connectivity index (χ4v) is 3.16. The van der Waals surface area contributed by atoms with Gasteiger partial charge in [-0.15, -0.1) is 0 Å². The molecule has 0 saturated carbocycles. The number of rotatable bonds is 9. The molecule has 1 saturated heterocycles. The molecule has 0 aromatic heterocycles. The van der Waals surface area contributed by atoms with E-state index in [4.69, 9.17) is 4.74 Å². The lowest BCUT2D eigenvalue weighted by Gasteiger charge is -2.23. The van der Waals surface area contributed by atoms with E-state index in [0.717, 1.165) is 25.8 Å². The molecule has 8 heteroatoms. The van der Waals surface area contributed by atoms with Crippen LogP contribution in [-0.2, 0) is 19.6 Å². The molecule has 3 N–H and O–H groups in total. The highest BCUT2D eigenvalue weighted by Gasteiger charge is 2.17. The van der Waals surface area contributed by atoms with E-state index in [1.165, 1.54) is 7.11 Å². The second kappa shape index (κ2) is 9.28. The highest BCUT2D eigenvalue weighted by molar-refractivity contribution is 7.89. The summed E-state index contributed by atoms with van der Waals surface area (Å²) >= 11 is 0. The quantitative estimate of drug-likeness (QED) is 0.485. The maximum absolute atomic E-state index is 11.8. The van der Waals surface area contributed by atoms with Gasteiger partial charge in [-0.3, -0.25) is 4.79 Å². The molecule has 7 nitrogen and oxygen atoms in total. The Bertz CT molecular complexity index is 380. The van der Waals surface area contributed by atoms with E-state index in [1.807, 2.05) is 0 Å². The van der Waals surface area contributed by atoms with Crippen LogP contribution in [0.4, 0.5) is 0 Å². The minimum atomic E-state index is -3.39. The van der Waals surface area contributed by atoms with Crippen molar-refractivity contribution >= 4 is 15.9 Å². The van der Waals surface area contributed by atoms with Gasteiger partial charge < -0.3 is 15.4 Å². The van der Waals surface area contributed by atoms with Crippen molar-refractivity contribution in [3.8, 4) is 0 Å². The smallest absolute Gasteiger partial charge is 0.235 e. The molecule has 0 aliphatic carbocycles. The number of carbonyl (C=O) groups is 1. The molecule has 0 spiro atoms. The highest BCUT2D eigenvalue weighted by atomic mass is 32.2. The minimum absolute atomic E-state index is 0.0516. The zero-order valence-electron chi connectivity index (χ0n) is 12.0. The molecule has 1 amide bonds. The summed E-state index contributed by atoms with van der Waals surface area (Å²) in [5.41, 5.74) is 0. The van der Waals surface area contributed by atoms with Gasteiger partial charge in [0.25, 0.3) is 0 Å². The fraction of sp³-hybridized carbons (Fsp3) is 0.917. The molecule has 0 radical (unpaired) electrons. The van der Waals surface area contributed by atoms with Gasteiger partial charge in [-0.25, -0.2) is 13.1 Å². The van der Waals surface area contributed by atoms with E-state index in [-0.39, 0.29) is 24.2 Å². The number of amides is 1. The van der Waals surface area contributed by atoms with Gasteiger partial charge >= 0.3 is 0 Å². The van der Waals surface area contributed by atoms with Gasteiger partial charge in [0.2, 0.25) is 15.9 Å². The Morgan fingerprint density at radius 2 is 2.20 bits per heavy atom. The third kappa shape index (κ3) is 7.78. The zero-order chi connectivity index (χ0) is 14.8. The van der Waals surface area contributed by atoms with E-state index in [1.54, 1.807) is 0 Å². The van der Waals surface area contributed by atoms with E-state index in [9.17, 15) is 13.2 Å². The number of hydrogen-bond donors (Lipinski definition) is 3. The summed E-state index contributed by atoms with van der Waals surface area (Å²) in [6, 6.07) is 0.274. The zero-order valence-corrected chi connectivity index (χ0v) is 12.8. The highest BCUT2D eigenvalue weighted by Crippen LogP contribution is 2.10. The Labute approximate surface area is 120 Å². The number of carbonyl (C=O) groups excluding carboxylic acids is 1. The van der Waals surface area contributed by atoms with Crippen molar-refractivity contribution in [3.05, 3.63) is 0 Å². The molecule has 20 heavy (non-hydrogen) atoms. The predicted octanol–water partition coefficient (Wildman–Crippen LogP) is -0.799. The lowest BCUT2D eigenvalue weighted by Crippen LogP contribution is -2.40. The Hall–Kier alpha value is -0.700. The summed E-state index contributed by atoms with van der Waals surface area (Å²) in [7, 11) is -1.85. The molecule has 1 aliphatic rings. The van der Waals surface area contributed by atoms with Crippen LogP contribution in [0.3, 0.4) is 0 Å². The van der Waals surface area contributed by atoms with Crippen molar-refractivity contribution in [3.63, 3.8) is 0 Å². The fourth-order valence-electron chi connectivity index (χ4n) is 2.07. The minimum Gasteiger partial charge on any atom is -0.383 e. The molecule has 0 aromatic carbocycles. The molecular weight excluding hydrogens is 282 g/mol. The molecule has 1 fully saturated rings. The normalized spacial score (nSPS) is 19.8. The average Bonchev–Trinajstić information content (AvgIpc) is 2.45. The Morgan fingerprint density at radius 1 is 1.40 bits per heavy atom. The van der Waals surface area contributed by atoms with Crippen LogP contribution < -0.4 is 15.4 Å². The van der Waals surface area contributed by atoms with Gasteiger partial charge in [0.05, 0.1) is 18.9 Å². The summed E-state index contributed by atoms with van der Waals surface area (Å²) in [5, 5.41) is 5.86. The van der Waals surface area contributed by atoms with Crippen LogP contribution in [0.1, 0.15) is 25.7 Å². The average molecular weight is 307 g/mol. The Kier molecular flexibility index (Phi) is 8.05. The number of piperidine rings is 1. The summed E-state index contributed by atoms with van der Waals surface area (Å²) < 4.78 is 30.6. The van der Waals surface area contributed by atoms with Gasteiger partial charge in [0.15, 0.2) is 0 Å². The predicted molar refractivity (Wildman–Crippen MR) is 76.9 cm³/mol. The van der Waals surface area contributed by atoms with E-state index >= 15 is 0 Å². The van der Waals surface area contributed by atoms with E-state index in [0.29, 0.717) is 19.6 Å². The maximum atomic E-state index is 11.8. The second-order valence-corrected chi connectivity index (χ2v) is 6.84. The first-order valence-electron chi connectivity index (χ1n) is 7.00. The van der Waals surface area contributed by atoms with Gasteiger partial charge in [0, 0.05) is 19.7 Å². The largest absolute Gasteiger partial charge is 0.383 e. The lowest BCUT2D eigenvalue weighted by atomic mass is 10.0. The molecular formula is C12H25N3O4S. The first-order valence-corrected chi connectivity index (χ1v) is 8.65. The van der Waals surface area contributed by atoms with Gasteiger partial charge in [-0.2, -0.15) is 0 Å². The van der Waals surface area contributed by atoms with Crippen LogP contribution in [0.15, 0.2) is 0 Å². The number of sulfonamides is 1. The van der Waals surface area contributed by atoms with Crippen LogP contribution in [0, 0.1) is 0 Å². The van der Waals surface area contributed by atoms with Crippen LogP contribution in [-0.4, -0.2) is 59.5 Å². The molecule has 118 valence electrons. The summed E-state index contributed by atoms with van der Waals surface area (Å²) in [6.07, 6.45) is 3.91. The first kappa shape index (κ1) is 17.4. The molecule has 1 atom stereocenters. The van der Waals surface area contributed by atoms with Crippen LogP contribution >= 0.6 is 0 Å². The molecule has 1 rings (SSSR count). The van der Waals surface area contributed by atoms with Crippen LogP contribution in [0.5, 0.6) is 0 Å². The van der Waals surface area contributed by atoms with Gasteiger partial charge in [-0.05, 0) is 25.8 Å². The van der Waals surface area contributed by atoms with E-state index < -0.39 is 10.0 Å². The summed E-state index contributed by atoms with van der Waals surface area (Å²) in [4.78, 5) is 11.4. The molecule has 0 aromatic rings. The standard InChI is InChI=1S/C12H25N3O4S/c1-19-8-7-14-12(16)10-15-20(17,18)9-5-11-4-2-3-6-13-11/h11,13,15H,2-10H2,1H3,(H,14,16). The van der Waals surface area contributed by atoms with Gasteiger partial charge in [-0.1, -0.05) is 6.42 Å². The third-order valence-electron chi connectivity index (χ3n) is 3.23. The van der Waals surface area contributed by atoms with Crippen molar-refractivity contribution in [2.75, 3.05) is 39.1 Å². The van der Waals surface area contributed by atoms with Crippen LogP contribution in [0.2, 0.25) is 0 Å². The number of hydrogen-bond acceptors (Lipinski definition) is 5. The molecule has 1 unspecified atom stereocenters. The molecule has 1 heterocycles. The van der Waals surface area contributed by atoms with Gasteiger partial charge in [0.1, 0.15) is 0 Å². The van der Waals surface area contributed by atoms with Crippen LogP contribution in [0.25, 0.3) is 0 Å². The maximum Gasteiger partial charge on any atom is 0.235 e. The summed E-state index contributed by atoms with van der Waals surface area (Å²) in [5.74, 6) is -0.294. The van der Waals surface area contributed by atoms with Crippen molar-refractivity contribution in [1.82, 2.24) is 15.4 Å². The topological polar surface area (TPSA) is 96.5 Å². The molecule has 1 aliphatic heterocycles. The number of ether oxygens (including phenoxy) is 1.